The number of rotatable bonds is 5. The number of anilines is 1. The molecule has 2 heterocycles. The van der Waals surface area contributed by atoms with Crippen LogP contribution in [0.15, 0.2) is 18.5 Å². The second-order valence-electron chi connectivity index (χ2n) is 10.2. The van der Waals surface area contributed by atoms with Crippen molar-refractivity contribution >= 4 is 23.7 Å². The predicted molar refractivity (Wildman–Crippen MR) is 115 cm³/mol. The van der Waals surface area contributed by atoms with E-state index in [4.69, 9.17) is 4.74 Å². The van der Waals surface area contributed by atoms with Crippen LogP contribution < -0.4 is 10.2 Å². The Hall–Kier alpha value is -2.71. The molecule has 172 valence electrons. The summed E-state index contributed by atoms with van der Waals surface area (Å²) in [6.07, 6.45) is 8.71. The lowest BCUT2D eigenvalue weighted by Gasteiger charge is -2.60. The molecular formula is C23H31N5O4. The van der Waals surface area contributed by atoms with Crippen LogP contribution in [-0.2, 0) is 19.1 Å². The highest BCUT2D eigenvalue weighted by atomic mass is 16.5. The normalized spacial score (nSPS) is 33.2. The van der Waals surface area contributed by atoms with Crippen molar-refractivity contribution in [2.45, 2.75) is 51.0 Å². The Morgan fingerprint density at radius 1 is 1.06 bits per heavy atom. The van der Waals surface area contributed by atoms with Gasteiger partial charge in [-0.3, -0.25) is 14.4 Å². The molecule has 2 atom stereocenters. The molecule has 1 saturated heterocycles. The largest absolute Gasteiger partial charge is 0.455 e. The van der Waals surface area contributed by atoms with Gasteiger partial charge in [-0.2, -0.15) is 0 Å². The summed E-state index contributed by atoms with van der Waals surface area (Å²) in [5.41, 5.74) is -0.842. The van der Waals surface area contributed by atoms with E-state index in [0.717, 1.165) is 32.1 Å². The molecule has 2 amide bonds. The van der Waals surface area contributed by atoms with Crippen LogP contribution in [0.4, 0.5) is 5.95 Å². The molecule has 4 saturated carbocycles. The molecule has 6 rings (SSSR count). The molecule has 0 spiro atoms. The first-order chi connectivity index (χ1) is 15.4. The number of carbonyl (C=O) groups excluding carboxylic acids is 3. The monoisotopic (exact) mass is 441 g/mol. The van der Waals surface area contributed by atoms with Gasteiger partial charge in [-0.15, -0.1) is 0 Å². The van der Waals surface area contributed by atoms with Gasteiger partial charge in [-0.05, 0) is 56.4 Å². The molecule has 9 nitrogen and oxygen atoms in total. The number of aromatic nitrogens is 2. The standard InChI is InChI=1S/C23H31N5O4/c1-16(29)26-23-12-17-9-18(13-23)11-22(10-17,15-23)20(31)32-14-19(30)27-5-7-28(8-6-27)21-24-3-2-4-25-21/h2-4,17-18H,5-15H2,1H3,(H,26,29). The first kappa shape index (κ1) is 21.2. The molecule has 5 aliphatic rings. The minimum absolute atomic E-state index is 0.0364. The van der Waals surface area contributed by atoms with Gasteiger partial charge < -0.3 is 19.9 Å². The lowest BCUT2D eigenvalue weighted by molar-refractivity contribution is -0.178. The van der Waals surface area contributed by atoms with Crippen LogP contribution in [0.3, 0.4) is 0 Å². The average molecular weight is 442 g/mol. The third-order valence-corrected chi connectivity index (χ3v) is 7.73. The van der Waals surface area contributed by atoms with Gasteiger partial charge in [-0.25, -0.2) is 9.97 Å². The zero-order valence-electron chi connectivity index (χ0n) is 18.6. The summed E-state index contributed by atoms with van der Waals surface area (Å²) in [4.78, 5) is 50.1. The molecule has 5 fully saturated rings. The van der Waals surface area contributed by atoms with Crippen LogP contribution >= 0.6 is 0 Å². The Labute approximate surface area is 187 Å². The topological polar surface area (TPSA) is 105 Å². The van der Waals surface area contributed by atoms with Crippen molar-refractivity contribution in [2.75, 3.05) is 37.7 Å². The van der Waals surface area contributed by atoms with Crippen molar-refractivity contribution in [1.82, 2.24) is 20.2 Å². The third kappa shape index (κ3) is 3.93. The molecule has 2 unspecified atom stereocenters. The summed E-state index contributed by atoms with van der Waals surface area (Å²) >= 11 is 0. The van der Waals surface area contributed by atoms with Crippen LogP contribution in [0.2, 0.25) is 0 Å². The number of esters is 1. The number of carbonyl (C=O) groups is 3. The van der Waals surface area contributed by atoms with E-state index in [-0.39, 0.29) is 29.9 Å². The van der Waals surface area contributed by atoms with Crippen molar-refractivity contribution in [3.63, 3.8) is 0 Å². The van der Waals surface area contributed by atoms with Gasteiger partial charge in [0.1, 0.15) is 0 Å². The second-order valence-corrected chi connectivity index (χ2v) is 10.2. The summed E-state index contributed by atoms with van der Waals surface area (Å²) in [6, 6.07) is 1.78. The summed E-state index contributed by atoms with van der Waals surface area (Å²) in [5.74, 6) is 1.10. The average Bonchev–Trinajstić information content (AvgIpc) is 2.76. The molecule has 1 N–H and O–H groups in total. The number of nitrogens with one attached hydrogen (secondary N) is 1. The fourth-order valence-corrected chi connectivity index (χ4v) is 7.00. The Morgan fingerprint density at radius 2 is 1.72 bits per heavy atom. The van der Waals surface area contributed by atoms with Gasteiger partial charge in [-0.1, -0.05) is 0 Å². The summed E-state index contributed by atoms with van der Waals surface area (Å²) in [7, 11) is 0. The molecule has 9 heteroatoms. The molecule has 1 aromatic heterocycles. The van der Waals surface area contributed by atoms with Gasteiger partial charge in [0.05, 0.1) is 5.41 Å². The lowest BCUT2D eigenvalue weighted by atomic mass is 9.47. The maximum atomic E-state index is 13.2. The SMILES string of the molecule is CC(=O)NC12CC3CC(C1)CC(C(=O)OCC(=O)N1CCN(c4ncccn4)CC1)(C3)C2. The van der Waals surface area contributed by atoms with Crippen LogP contribution in [0.5, 0.6) is 0 Å². The highest BCUT2D eigenvalue weighted by Crippen LogP contribution is 2.62. The zero-order valence-corrected chi connectivity index (χ0v) is 18.6. The first-order valence-corrected chi connectivity index (χ1v) is 11.6. The molecular weight excluding hydrogens is 410 g/mol. The third-order valence-electron chi connectivity index (χ3n) is 7.73. The molecule has 1 aliphatic heterocycles. The molecule has 32 heavy (non-hydrogen) atoms. The van der Waals surface area contributed by atoms with E-state index in [1.807, 2.05) is 4.90 Å². The van der Waals surface area contributed by atoms with Crippen molar-refractivity contribution in [3.05, 3.63) is 18.5 Å². The van der Waals surface area contributed by atoms with Crippen LogP contribution in [0.25, 0.3) is 0 Å². The van der Waals surface area contributed by atoms with Crippen molar-refractivity contribution in [2.24, 2.45) is 17.3 Å². The molecule has 0 aromatic carbocycles. The molecule has 4 aliphatic carbocycles. The molecule has 1 aromatic rings. The van der Waals surface area contributed by atoms with E-state index in [2.05, 4.69) is 15.3 Å². The summed E-state index contributed by atoms with van der Waals surface area (Å²) < 4.78 is 5.62. The smallest absolute Gasteiger partial charge is 0.312 e. The number of hydrogen-bond acceptors (Lipinski definition) is 7. The fourth-order valence-electron chi connectivity index (χ4n) is 7.00. The number of hydrogen-bond donors (Lipinski definition) is 1. The highest BCUT2D eigenvalue weighted by Gasteiger charge is 2.61. The Kier molecular flexibility index (Phi) is 5.29. The van der Waals surface area contributed by atoms with Crippen LogP contribution in [-0.4, -0.2) is 71.0 Å². The van der Waals surface area contributed by atoms with Crippen molar-refractivity contribution in [3.8, 4) is 0 Å². The van der Waals surface area contributed by atoms with Crippen LogP contribution in [0.1, 0.15) is 45.4 Å². The number of ether oxygens (including phenoxy) is 1. The van der Waals surface area contributed by atoms with E-state index < -0.39 is 5.41 Å². The first-order valence-electron chi connectivity index (χ1n) is 11.6. The fraction of sp³-hybridized carbons (Fsp3) is 0.696. The van der Waals surface area contributed by atoms with Gasteiger partial charge in [0.2, 0.25) is 11.9 Å². The van der Waals surface area contributed by atoms with Gasteiger partial charge >= 0.3 is 5.97 Å². The van der Waals surface area contributed by atoms with Crippen molar-refractivity contribution in [1.29, 1.82) is 0 Å². The van der Waals surface area contributed by atoms with Gasteiger partial charge in [0.25, 0.3) is 5.91 Å². The Bertz CT molecular complexity index is 885. The Morgan fingerprint density at radius 3 is 2.34 bits per heavy atom. The van der Waals surface area contributed by atoms with E-state index in [1.165, 1.54) is 0 Å². The van der Waals surface area contributed by atoms with Crippen LogP contribution in [0, 0.1) is 17.3 Å². The van der Waals surface area contributed by atoms with Gasteiger partial charge in [0.15, 0.2) is 6.61 Å². The lowest BCUT2D eigenvalue weighted by Crippen LogP contribution is -2.64. The number of amides is 2. The number of nitrogens with zero attached hydrogens (tertiary/aromatic N) is 4. The zero-order chi connectivity index (χ0) is 22.3. The summed E-state index contributed by atoms with van der Waals surface area (Å²) in [6.45, 7) is 3.73. The maximum absolute atomic E-state index is 13.2. The van der Waals surface area contributed by atoms with Gasteiger partial charge in [0, 0.05) is 51.0 Å². The van der Waals surface area contributed by atoms with E-state index in [1.54, 1.807) is 30.3 Å². The van der Waals surface area contributed by atoms with E-state index >= 15 is 0 Å². The number of piperazine rings is 1. The Balaban J connectivity index is 1.16. The summed E-state index contributed by atoms with van der Waals surface area (Å²) in [5, 5.41) is 3.16. The predicted octanol–water partition coefficient (Wildman–Crippen LogP) is 1.14. The quantitative estimate of drug-likeness (QED) is 0.683. The maximum Gasteiger partial charge on any atom is 0.312 e. The highest BCUT2D eigenvalue weighted by molar-refractivity contribution is 5.84. The minimum atomic E-state index is -0.559. The minimum Gasteiger partial charge on any atom is -0.455 e. The molecule has 4 bridgehead atoms. The van der Waals surface area contributed by atoms with E-state index in [9.17, 15) is 14.4 Å². The van der Waals surface area contributed by atoms with Crippen molar-refractivity contribution < 1.29 is 19.1 Å². The van der Waals surface area contributed by atoms with E-state index in [0.29, 0.717) is 50.4 Å². The molecule has 0 radical (unpaired) electrons. The second kappa shape index (κ2) is 8.01.